The van der Waals surface area contributed by atoms with Gasteiger partial charge in [0.2, 0.25) is 0 Å². The van der Waals surface area contributed by atoms with Crippen molar-refractivity contribution in [2.45, 2.75) is 19.4 Å². The summed E-state index contributed by atoms with van der Waals surface area (Å²) in [5.74, 6) is 0. The Kier molecular flexibility index (Phi) is 4.24. The first-order chi connectivity index (χ1) is 8.29. The molecule has 0 saturated heterocycles. The predicted octanol–water partition coefficient (Wildman–Crippen LogP) is 3.56. The van der Waals surface area contributed by atoms with E-state index in [0.29, 0.717) is 6.04 Å². The third-order valence-corrected chi connectivity index (χ3v) is 3.05. The molecule has 1 aromatic carbocycles. The minimum Gasteiger partial charge on any atom is -0.364 e. The average Bonchev–Trinajstić information content (AvgIpc) is 2.85. The van der Waals surface area contributed by atoms with Gasteiger partial charge in [0.1, 0.15) is 0 Å². The standard InChI is InChI=1S/C14H17ClN2/c1-2-16-14(13-4-3-9-17-13)10-11-5-7-12(15)8-6-11/h3-9,14,16-17H,2,10H2,1H3. The van der Waals surface area contributed by atoms with Gasteiger partial charge in [-0.15, -0.1) is 0 Å². The zero-order valence-corrected chi connectivity index (χ0v) is 10.7. The van der Waals surface area contributed by atoms with Gasteiger partial charge in [-0.25, -0.2) is 0 Å². The Labute approximate surface area is 107 Å². The van der Waals surface area contributed by atoms with E-state index in [1.807, 2.05) is 24.4 Å². The number of aromatic amines is 1. The number of likely N-dealkylation sites (N-methyl/N-ethyl adjacent to an activating group) is 1. The van der Waals surface area contributed by atoms with Gasteiger partial charge in [-0.2, -0.15) is 0 Å². The van der Waals surface area contributed by atoms with Crippen molar-refractivity contribution in [2.75, 3.05) is 6.54 Å². The van der Waals surface area contributed by atoms with Gasteiger partial charge in [0, 0.05) is 16.9 Å². The summed E-state index contributed by atoms with van der Waals surface area (Å²) in [6.07, 6.45) is 2.92. The van der Waals surface area contributed by atoms with Gasteiger partial charge in [-0.3, -0.25) is 0 Å². The predicted molar refractivity (Wildman–Crippen MR) is 72.4 cm³/mol. The van der Waals surface area contributed by atoms with Gasteiger partial charge in [0.05, 0.1) is 6.04 Å². The lowest BCUT2D eigenvalue weighted by molar-refractivity contribution is 0.539. The maximum Gasteiger partial charge on any atom is 0.0513 e. The molecule has 3 heteroatoms. The fourth-order valence-corrected chi connectivity index (χ4v) is 2.08. The van der Waals surface area contributed by atoms with Crippen LogP contribution in [0.2, 0.25) is 5.02 Å². The summed E-state index contributed by atoms with van der Waals surface area (Å²) in [6, 6.07) is 12.5. The molecule has 0 spiro atoms. The molecule has 2 N–H and O–H groups in total. The summed E-state index contributed by atoms with van der Waals surface area (Å²) in [7, 11) is 0. The number of halogens is 1. The van der Waals surface area contributed by atoms with Crippen LogP contribution < -0.4 is 5.32 Å². The van der Waals surface area contributed by atoms with E-state index in [1.54, 1.807) is 0 Å². The van der Waals surface area contributed by atoms with Crippen LogP contribution in [-0.4, -0.2) is 11.5 Å². The van der Waals surface area contributed by atoms with Gasteiger partial charge in [0.25, 0.3) is 0 Å². The number of hydrogen-bond donors (Lipinski definition) is 2. The van der Waals surface area contributed by atoms with Crippen LogP contribution in [0.1, 0.15) is 24.2 Å². The molecule has 1 heterocycles. The summed E-state index contributed by atoms with van der Waals surface area (Å²) < 4.78 is 0. The molecule has 2 aromatic rings. The lowest BCUT2D eigenvalue weighted by Crippen LogP contribution is -2.23. The van der Waals surface area contributed by atoms with E-state index >= 15 is 0 Å². The minimum absolute atomic E-state index is 0.330. The van der Waals surface area contributed by atoms with Gasteiger partial charge in [-0.1, -0.05) is 30.7 Å². The van der Waals surface area contributed by atoms with E-state index in [0.717, 1.165) is 18.0 Å². The first kappa shape index (κ1) is 12.2. The van der Waals surface area contributed by atoms with Crippen LogP contribution in [0.15, 0.2) is 42.6 Å². The molecule has 1 atom stereocenters. The highest BCUT2D eigenvalue weighted by molar-refractivity contribution is 6.30. The Bertz CT molecular complexity index is 434. The molecule has 0 bridgehead atoms. The van der Waals surface area contributed by atoms with E-state index in [-0.39, 0.29) is 0 Å². The lowest BCUT2D eigenvalue weighted by atomic mass is 10.0. The zero-order valence-electron chi connectivity index (χ0n) is 9.91. The maximum atomic E-state index is 5.89. The molecule has 0 radical (unpaired) electrons. The fourth-order valence-electron chi connectivity index (χ4n) is 1.96. The summed E-state index contributed by atoms with van der Waals surface area (Å²) in [4.78, 5) is 3.27. The van der Waals surface area contributed by atoms with Gasteiger partial charge < -0.3 is 10.3 Å². The van der Waals surface area contributed by atoms with Crippen LogP contribution >= 0.6 is 11.6 Å². The molecule has 2 nitrogen and oxygen atoms in total. The van der Waals surface area contributed by atoms with Gasteiger partial charge >= 0.3 is 0 Å². The Morgan fingerprint density at radius 2 is 2.00 bits per heavy atom. The Morgan fingerprint density at radius 1 is 1.24 bits per heavy atom. The van der Waals surface area contributed by atoms with Crippen molar-refractivity contribution in [2.24, 2.45) is 0 Å². The molecule has 0 amide bonds. The van der Waals surface area contributed by atoms with E-state index in [9.17, 15) is 0 Å². The minimum atomic E-state index is 0.330. The topological polar surface area (TPSA) is 27.8 Å². The molecule has 0 saturated carbocycles. The van der Waals surface area contributed by atoms with E-state index in [1.165, 1.54) is 11.3 Å². The molecule has 1 aromatic heterocycles. The first-order valence-electron chi connectivity index (χ1n) is 5.90. The van der Waals surface area contributed by atoms with Crippen LogP contribution in [-0.2, 0) is 6.42 Å². The van der Waals surface area contributed by atoms with Crippen molar-refractivity contribution in [1.82, 2.24) is 10.3 Å². The third kappa shape index (κ3) is 3.35. The van der Waals surface area contributed by atoms with Crippen LogP contribution in [0, 0.1) is 0 Å². The molecular weight excluding hydrogens is 232 g/mol. The lowest BCUT2D eigenvalue weighted by Gasteiger charge is -2.16. The second kappa shape index (κ2) is 5.89. The van der Waals surface area contributed by atoms with E-state index in [4.69, 9.17) is 11.6 Å². The SMILES string of the molecule is CCNC(Cc1ccc(Cl)cc1)c1ccc[nH]1. The van der Waals surface area contributed by atoms with Gasteiger partial charge in [0.15, 0.2) is 0 Å². The molecule has 0 aliphatic carbocycles. The van der Waals surface area contributed by atoms with Crippen molar-refractivity contribution >= 4 is 11.6 Å². The van der Waals surface area contributed by atoms with Crippen LogP contribution in [0.25, 0.3) is 0 Å². The van der Waals surface area contributed by atoms with Crippen molar-refractivity contribution in [1.29, 1.82) is 0 Å². The number of nitrogens with one attached hydrogen (secondary N) is 2. The number of rotatable bonds is 5. The molecule has 1 unspecified atom stereocenters. The largest absolute Gasteiger partial charge is 0.364 e. The average molecular weight is 249 g/mol. The smallest absolute Gasteiger partial charge is 0.0513 e. The molecule has 0 aliphatic rings. The van der Waals surface area contributed by atoms with Crippen LogP contribution in [0.4, 0.5) is 0 Å². The molecule has 0 fully saturated rings. The number of hydrogen-bond acceptors (Lipinski definition) is 1. The second-order valence-corrected chi connectivity index (χ2v) is 4.50. The number of benzene rings is 1. The molecule has 0 aliphatic heterocycles. The van der Waals surface area contributed by atoms with E-state index in [2.05, 4.69) is 35.4 Å². The highest BCUT2D eigenvalue weighted by Crippen LogP contribution is 2.18. The number of H-pyrrole nitrogens is 1. The fraction of sp³-hybridized carbons (Fsp3) is 0.286. The Balaban J connectivity index is 2.10. The maximum absolute atomic E-state index is 5.89. The molecule has 2 rings (SSSR count). The van der Waals surface area contributed by atoms with Crippen LogP contribution in [0.3, 0.4) is 0 Å². The van der Waals surface area contributed by atoms with Crippen molar-refractivity contribution in [3.05, 3.63) is 58.9 Å². The monoisotopic (exact) mass is 248 g/mol. The van der Waals surface area contributed by atoms with E-state index < -0.39 is 0 Å². The van der Waals surface area contributed by atoms with Crippen molar-refractivity contribution in [3.8, 4) is 0 Å². The van der Waals surface area contributed by atoms with Crippen molar-refractivity contribution < 1.29 is 0 Å². The second-order valence-electron chi connectivity index (χ2n) is 4.07. The normalized spacial score (nSPS) is 12.6. The van der Waals surface area contributed by atoms with Crippen molar-refractivity contribution in [3.63, 3.8) is 0 Å². The Morgan fingerprint density at radius 3 is 2.59 bits per heavy atom. The zero-order chi connectivity index (χ0) is 12.1. The highest BCUT2D eigenvalue weighted by Gasteiger charge is 2.11. The molecule has 17 heavy (non-hydrogen) atoms. The summed E-state index contributed by atoms with van der Waals surface area (Å²) in [5, 5.41) is 4.27. The van der Waals surface area contributed by atoms with Crippen LogP contribution in [0.5, 0.6) is 0 Å². The molecular formula is C14H17ClN2. The molecule has 90 valence electrons. The van der Waals surface area contributed by atoms with Gasteiger partial charge in [-0.05, 0) is 42.8 Å². The summed E-state index contributed by atoms with van der Waals surface area (Å²) in [5.41, 5.74) is 2.51. The third-order valence-electron chi connectivity index (χ3n) is 2.80. The Hall–Kier alpha value is -1.25. The first-order valence-corrected chi connectivity index (χ1v) is 6.28. The highest BCUT2D eigenvalue weighted by atomic mass is 35.5. The summed E-state index contributed by atoms with van der Waals surface area (Å²) >= 11 is 5.89. The summed E-state index contributed by atoms with van der Waals surface area (Å²) in [6.45, 7) is 3.08. The number of aromatic nitrogens is 1. The quantitative estimate of drug-likeness (QED) is 0.832.